The number of nitrogens with zero attached hydrogens (tertiary/aromatic N) is 3. The van der Waals surface area contributed by atoms with Crippen LogP contribution in [0.4, 0.5) is 0 Å². The molecule has 0 radical (unpaired) electrons. The number of aromatic amines is 1. The Morgan fingerprint density at radius 2 is 2.00 bits per heavy atom. The zero-order valence-electron chi connectivity index (χ0n) is 15.0. The molecular weight excluding hydrogens is 376 g/mol. The second-order valence-electron chi connectivity index (χ2n) is 5.88. The topological polar surface area (TPSA) is 89.9 Å². The largest absolute Gasteiger partial charge is 0.462 e. The molecule has 0 aliphatic rings. The molecule has 4 rings (SSSR count). The minimum absolute atomic E-state index is 0.231. The highest BCUT2D eigenvalue weighted by molar-refractivity contribution is 7.99. The lowest BCUT2D eigenvalue weighted by molar-refractivity contribution is 0.0526. The summed E-state index contributed by atoms with van der Waals surface area (Å²) in [5.41, 5.74) is 0.565. The van der Waals surface area contributed by atoms with Crippen molar-refractivity contribution in [2.75, 3.05) is 6.61 Å². The molecule has 0 unspecified atom stereocenters. The molecule has 0 amide bonds. The smallest absolute Gasteiger partial charge is 0.341 e. The van der Waals surface area contributed by atoms with Gasteiger partial charge in [0.05, 0.1) is 29.3 Å². The third-order valence-electron chi connectivity index (χ3n) is 3.96. The Balaban J connectivity index is 1.70. The molecule has 2 aromatic heterocycles. The first-order chi connectivity index (χ1) is 13.6. The Kier molecular flexibility index (Phi) is 4.94. The van der Waals surface area contributed by atoms with Crippen molar-refractivity contribution in [3.63, 3.8) is 0 Å². The first kappa shape index (κ1) is 18.0. The number of nitrogens with one attached hydrogen (secondary N) is 1. The van der Waals surface area contributed by atoms with Crippen LogP contribution in [0.2, 0.25) is 0 Å². The molecule has 2 aromatic carbocycles. The number of carbonyl (C=O) groups is 1. The van der Waals surface area contributed by atoms with E-state index in [-0.39, 0.29) is 23.7 Å². The van der Waals surface area contributed by atoms with Crippen molar-refractivity contribution in [2.45, 2.75) is 16.7 Å². The number of esters is 1. The summed E-state index contributed by atoms with van der Waals surface area (Å²) in [7, 11) is 0. The normalized spacial score (nSPS) is 10.9. The zero-order chi connectivity index (χ0) is 19.5. The Bertz CT molecular complexity index is 1200. The Labute approximate surface area is 164 Å². The minimum atomic E-state index is -0.474. The number of H-pyrrole nitrogens is 1. The molecule has 0 atom stereocenters. The lowest BCUT2D eigenvalue weighted by Gasteiger charge is -2.05. The van der Waals surface area contributed by atoms with Crippen molar-refractivity contribution in [1.82, 2.24) is 19.7 Å². The molecule has 2 heterocycles. The van der Waals surface area contributed by atoms with Crippen molar-refractivity contribution in [1.29, 1.82) is 0 Å². The third-order valence-corrected chi connectivity index (χ3v) is 4.95. The maximum absolute atomic E-state index is 12.5. The van der Waals surface area contributed by atoms with Gasteiger partial charge < -0.3 is 4.74 Å². The standard InChI is InChI=1S/C20H16N4O3S/c1-2-27-19(26)13-11-21-24(12-13)20-22-17-10-15(8-9-16(17)18(25)23-20)28-14-6-4-3-5-7-14/h3-12H,2H2,1H3,(H,22,23,25). The van der Waals surface area contributed by atoms with Crippen molar-refractivity contribution in [2.24, 2.45) is 0 Å². The number of aromatic nitrogens is 4. The second kappa shape index (κ2) is 7.69. The highest BCUT2D eigenvalue weighted by Crippen LogP contribution is 2.28. The van der Waals surface area contributed by atoms with E-state index >= 15 is 0 Å². The molecule has 0 aliphatic heterocycles. The highest BCUT2D eigenvalue weighted by Gasteiger charge is 2.13. The van der Waals surface area contributed by atoms with Gasteiger partial charge in [-0.05, 0) is 37.3 Å². The second-order valence-corrected chi connectivity index (χ2v) is 7.02. The molecule has 0 fully saturated rings. The SMILES string of the molecule is CCOC(=O)c1cnn(-c2nc3cc(Sc4ccccc4)ccc3c(=O)[nH]2)c1. The number of benzene rings is 2. The summed E-state index contributed by atoms with van der Waals surface area (Å²) >= 11 is 1.59. The van der Waals surface area contributed by atoms with Crippen LogP contribution in [-0.4, -0.2) is 32.3 Å². The predicted molar refractivity (Wildman–Crippen MR) is 106 cm³/mol. The van der Waals surface area contributed by atoms with Crippen LogP contribution in [0.1, 0.15) is 17.3 Å². The highest BCUT2D eigenvalue weighted by atomic mass is 32.2. The molecule has 0 saturated carbocycles. The monoisotopic (exact) mass is 392 g/mol. The molecule has 7 nitrogen and oxygen atoms in total. The Morgan fingerprint density at radius 3 is 2.79 bits per heavy atom. The molecular formula is C20H16N4O3S. The van der Waals surface area contributed by atoms with E-state index in [4.69, 9.17) is 4.74 Å². The van der Waals surface area contributed by atoms with E-state index in [1.807, 2.05) is 42.5 Å². The zero-order valence-corrected chi connectivity index (χ0v) is 15.8. The van der Waals surface area contributed by atoms with E-state index in [0.717, 1.165) is 9.79 Å². The van der Waals surface area contributed by atoms with Crippen LogP contribution in [0, 0.1) is 0 Å². The molecule has 0 saturated heterocycles. The van der Waals surface area contributed by atoms with Crippen molar-refractivity contribution >= 4 is 28.6 Å². The average Bonchev–Trinajstić information content (AvgIpc) is 3.19. The van der Waals surface area contributed by atoms with Crippen LogP contribution in [0.15, 0.2) is 75.5 Å². The molecule has 0 bridgehead atoms. The minimum Gasteiger partial charge on any atom is -0.462 e. The van der Waals surface area contributed by atoms with Crippen LogP contribution in [0.5, 0.6) is 0 Å². The van der Waals surface area contributed by atoms with Gasteiger partial charge in [-0.2, -0.15) is 5.10 Å². The fraction of sp³-hybridized carbons (Fsp3) is 0.100. The van der Waals surface area contributed by atoms with Gasteiger partial charge in [0.15, 0.2) is 0 Å². The summed E-state index contributed by atoms with van der Waals surface area (Å²) in [4.78, 5) is 33.5. The van der Waals surface area contributed by atoms with Crippen molar-refractivity contribution < 1.29 is 9.53 Å². The quantitative estimate of drug-likeness (QED) is 0.523. The van der Waals surface area contributed by atoms with Crippen molar-refractivity contribution in [3.05, 3.63) is 76.8 Å². The number of fused-ring (bicyclic) bond motifs is 1. The van der Waals surface area contributed by atoms with Crippen LogP contribution in [-0.2, 0) is 4.74 Å². The number of ether oxygens (including phenoxy) is 1. The number of hydrogen-bond donors (Lipinski definition) is 1. The molecule has 140 valence electrons. The summed E-state index contributed by atoms with van der Waals surface area (Å²) in [6, 6.07) is 15.5. The lowest BCUT2D eigenvalue weighted by atomic mass is 10.2. The summed E-state index contributed by atoms with van der Waals surface area (Å²) in [6.45, 7) is 2.01. The van der Waals surface area contributed by atoms with Gasteiger partial charge in [-0.1, -0.05) is 30.0 Å². The van der Waals surface area contributed by atoms with Gasteiger partial charge in [0.25, 0.3) is 5.56 Å². The third kappa shape index (κ3) is 3.67. The van der Waals surface area contributed by atoms with E-state index < -0.39 is 5.97 Å². The fourth-order valence-corrected chi connectivity index (χ4v) is 3.53. The Morgan fingerprint density at radius 1 is 1.18 bits per heavy atom. The molecule has 0 spiro atoms. The predicted octanol–water partition coefficient (Wildman–Crippen LogP) is 3.44. The van der Waals surface area contributed by atoms with E-state index in [9.17, 15) is 9.59 Å². The van der Waals surface area contributed by atoms with E-state index in [0.29, 0.717) is 10.9 Å². The molecule has 8 heteroatoms. The van der Waals surface area contributed by atoms with Crippen molar-refractivity contribution in [3.8, 4) is 5.95 Å². The molecule has 0 aliphatic carbocycles. The molecule has 28 heavy (non-hydrogen) atoms. The number of hydrogen-bond acceptors (Lipinski definition) is 6. The van der Waals surface area contributed by atoms with Gasteiger partial charge in [0.1, 0.15) is 0 Å². The van der Waals surface area contributed by atoms with Gasteiger partial charge in [0, 0.05) is 16.0 Å². The molecule has 4 aromatic rings. The van der Waals surface area contributed by atoms with E-state index in [1.54, 1.807) is 24.8 Å². The van der Waals surface area contributed by atoms with Crippen LogP contribution in [0.3, 0.4) is 0 Å². The van der Waals surface area contributed by atoms with E-state index in [2.05, 4.69) is 15.1 Å². The van der Waals surface area contributed by atoms with Gasteiger partial charge in [-0.25, -0.2) is 14.5 Å². The van der Waals surface area contributed by atoms with Gasteiger partial charge >= 0.3 is 5.97 Å². The fourth-order valence-electron chi connectivity index (χ4n) is 2.66. The lowest BCUT2D eigenvalue weighted by Crippen LogP contribution is -2.14. The van der Waals surface area contributed by atoms with Crippen LogP contribution in [0.25, 0.3) is 16.9 Å². The Hall–Kier alpha value is -3.39. The number of rotatable bonds is 5. The van der Waals surface area contributed by atoms with E-state index in [1.165, 1.54) is 17.1 Å². The molecule has 1 N–H and O–H groups in total. The first-order valence-electron chi connectivity index (χ1n) is 8.63. The van der Waals surface area contributed by atoms with Crippen LogP contribution < -0.4 is 5.56 Å². The maximum atomic E-state index is 12.5. The van der Waals surface area contributed by atoms with Gasteiger partial charge in [0.2, 0.25) is 5.95 Å². The summed E-state index contributed by atoms with van der Waals surface area (Å²) in [5.74, 6) is -0.242. The first-order valence-corrected chi connectivity index (χ1v) is 9.45. The number of carbonyl (C=O) groups excluding carboxylic acids is 1. The van der Waals surface area contributed by atoms with Gasteiger partial charge in [-0.15, -0.1) is 0 Å². The van der Waals surface area contributed by atoms with Gasteiger partial charge in [-0.3, -0.25) is 9.78 Å². The summed E-state index contributed by atoms with van der Waals surface area (Å²) in [5, 5.41) is 4.59. The summed E-state index contributed by atoms with van der Waals surface area (Å²) in [6.07, 6.45) is 2.86. The summed E-state index contributed by atoms with van der Waals surface area (Å²) < 4.78 is 6.31. The average molecular weight is 392 g/mol. The van der Waals surface area contributed by atoms with Crippen LogP contribution >= 0.6 is 11.8 Å². The maximum Gasteiger partial charge on any atom is 0.341 e.